The van der Waals surface area contributed by atoms with Crippen LogP contribution in [0.4, 0.5) is 8.78 Å². The van der Waals surface area contributed by atoms with Crippen LogP contribution in [0.1, 0.15) is 22.3 Å². The second-order valence-corrected chi connectivity index (χ2v) is 4.64. The molecule has 98 valence electrons. The van der Waals surface area contributed by atoms with Gasteiger partial charge in [-0.2, -0.15) is 0 Å². The van der Waals surface area contributed by atoms with Gasteiger partial charge in [0.1, 0.15) is 11.6 Å². The number of nitrogens with zero attached hydrogens (tertiary/aromatic N) is 1. The Labute approximate surface area is 105 Å². The lowest BCUT2D eigenvalue weighted by Crippen LogP contribution is -2.38. The fourth-order valence-electron chi connectivity index (χ4n) is 2.15. The Hall–Kier alpha value is -1.49. The van der Waals surface area contributed by atoms with Crippen molar-refractivity contribution in [2.45, 2.75) is 19.4 Å². The van der Waals surface area contributed by atoms with E-state index >= 15 is 0 Å². The number of aryl methyl sites for hydroxylation is 1. The van der Waals surface area contributed by atoms with Gasteiger partial charge in [0.05, 0.1) is 5.56 Å². The van der Waals surface area contributed by atoms with Crippen LogP contribution < -0.4 is 5.32 Å². The van der Waals surface area contributed by atoms with Gasteiger partial charge in [0, 0.05) is 25.7 Å². The summed E-state index contributed by atoms with van der Waals surface area (Å²) in [5, 5.41) is 3.15. The quantitative estimate of drug-likeness (QED) is 0.871. The number of hydrogen-bond donors (Lipinski definition) is 1. The van der Waals surface area contributed by atoms with Gasteiger partial charge in [-0.05, 0) is 31.5 Å². The molecular formula is C13H16F2N2O. The summed E-state index contributed by atoms with van der Waals surface area (Å²) in [6.07, 6.45) is 0.851. The normalized spacial score (nSPS) is 19.0. The largest absolute Gasteiger partial charge is 0.337 e. The first kappa shape index (κ1) is 13.0. The maximum atomic E-state index is 13.6. The van der Waals surface area contributed by atoms with Crippen LogP contribution in [0.25, 0.3) is 0 Å². The van der Waals surface area contributed by atoms with Crippen LogP contribution in [0.5, 0.6) is 0 Å². The first-order valence-corrected chi connectivity index (χ1v) is 5.94. The number of likely N-dealkylation sites (N-methyl/N-ethyl adjacent to an activating group) is 1. The van der Waals surface area contributed by atoms with E-state index in [0.717, 1.165) is 19.0 Å². The average Bonchev–Trinajstić information content (AvgIpc) is 2.85. The summed E-state index contributed by atoms with van der Waals surface area (Å²) < 4.78 is 26.8. The highest BCUT2D eigenvalue weighted by Gasteiger charge is 2.26. The Morgan fingerprint density at radius 2 is 2.11 bits per heavy atom. The van der Waals surface area contributed by atoms with E-state index in [-0.39, 0.29) is 17.2 Å². The molecule has 1 saturated heterocycles. The predicted molar refractivity (Wildman–Crippen MR) is 64.5 cm³/mol. The average molecular weight is 254 g/mol. The summed E-state index contributed by atoms with van der Waals surface area (Å²) in [5.41, 5.74) is 0.209. The van der Waals surface area contributed by atoms with Crippen molar-refractivity contribution in [2.75, 3.05) is 20.1 Å². The number of rotatable bonds is 2. The van der Waals surface area contributed by atoms with E-state index in [0.29, 0.717) is 6.54 Å². The van der Waals surface area contributed by atoms with Crippen molar-refractivity contribution in [3.8, 4) is 0 Å². The third-order valence-electron chi connectivity index (χ3n) is 3.38. The van der Waals surface area contributed by atoms with Crippen molar-refractivity contribution in [1.82, 2.24) is 10.2 Å². The highest BCUT2D eigenvalue weighted by molar-refractivity contribution is 5.94. The fraction of sp³-hybridized carbons (Fsp3) is 0.462. The zero-order valence-electron chi connectivity index (χ0n) is 10.5. The molecule has 0 aromatic heterocycles. The van der Waals surface area contributed by atoms with E-state index in [1.807, 2.05) is 0 Å². The maximum Gasteiger partial charge on any atom is 0.256 e. The molecule has 1 N–H and O–H groups in total. The minimum atomic E-state index is -0.805. The second kappa shape index (κ2) is 5.02. The van der Waals surface area contributed by atoms with Gasteiger partial charge in [0.15, 0.2) is 0 Å². The molecule has 3 nitrogen and oxygen atoms in total. The zero-order valence-corrected chi connectivity index (χ0v) is 10.5. The Morgan fingerprint density at radius 3 is 2.72 bits per heavy atom. The Morgan fingerprint density at radius 1 is 1.39 bits per heavy atom. The molecule has 1 aromatic carbocycles. The third kappa shape index (κ3) is 2.36. The summed E-state index contributed by atoms with van der Waals surface area (Å²) in [7, 11) is 1.65. The van der Waals surface area contributed by atoms with Crippen LogP contribution >= 0.6 is 0 Å². The smallest absolute Gasteiger partial charge is 0.256 e. The van der Waals surface area contributed by atoms with E-state index in [4.69, 9.17) is 0 Å². The Kier molecular flexibility index (Phi) is 3.61. The molecule has 0 aliphatic carbocycles. The summed E-state index contributed by atoms with van der Waals surface area (Å²) in [6.45, 7) is 3.08. The number of carbonyl (C=O) groups excluding carboxylic acids is 1. The standard InChI is InChI=1S/C13H16F2N2O/c1-8-5-10(12(15)6-11(8)14)13(18)17(2)9-3-4-16-7-9/h5-6,9,16H,3-4,7H2,1-2H3/t9-/m1/s1. The molecule has 1 aliphatic heterocycles. The van der Waals surface area contributed by atoms with Gasteiger partial charge in [-0.1, -0.05) is 0 Å². The first-order chi connectivity index (χ1) is 8.50. The maximum absolute atomic E-state index is 13.6. The first-order valence-electron chi connectivity index (χ1n) is 5.94. The Bertz CT molecular complexity index is 470. The molecule has 1 aliphatic rings. The second-order valence-electron chi connectivity index (χ2n) is 4.64. The molecule has 18 heavy (non-hydrogen) atoms. The van der Waals surface area contributed by atoms with Gasteiger partial charge in [-0.15, -0.1) is 0 Å². The van der Waals surface area contributed by atoms with Gasteiger partial charge in [0.2, 0.25) is 0 Å². The molecule has 1 heterocycles. The monoisotopic (exact) mass is 254 g/mol. The van der Waals surface area contributed by atoms with E-state index in [2.05, 4.69) is 5.32 Å². The molecule has 0 radical (unpaired) electrons. The number of amides is 1. The van der Waals surface area contributed by atoms with Crippen LogP contribution in [0, 0.1) is 18.6 Å². The Balaban J connectivity index is 2.25. The molecule has 1 amide bonds. The molecule has 0 unspecified atom stereocenters. The van der Waals surface area contributed by atoms with Crippen LogP contribution in [-0.2, 0) is 0 Å². The van der Waals surface area contributed by atoms with E-state index in [1.54, 1.807) is 7.05 Å². The van der Waals surface area contributed by atoms with Crippen molar-refractivity contribution < 1.29 is 13.6 Å². The van der Waals surface area contributed by atoms with Crippen LogP contribution in [0.3, 0.4) is 0 Å². The number of carbonyl (C=O) groups is 1. The van der Waals surface area contributed by atoms with Gasteiger partial charge < -0.3 is 10.2 Å². The highest BCUT2D eigenvalue weighted by atomic mass is 19.1. The minimum absolute atomic E-state index is 0.0664. The fourth-order valence-corrected chi connectivity index (χ4v) is 2.15. The van der Waals surface area contributed by atoms with Crippen molar-refractivity contribution >= 4 is 5.91 Å². The molecule has 1 aromatic rings. The predicted octanol–water partition coefficient (Wildman–Crippen LogP) is 1.71. The van der Waals surface area contributed by atoms with Crippen molar-refractivity contribution in [3.63, 3.8) is 0 Å². The van der Waals surface area contributed by atoms with Crippen LogP contribution in [0.15, 0.2) is 12.1 Å². The molecule has 0 bridgehead atoms. The van der Waals surface area contributed by atoms with E-state index in [9.17, 15) is 13.6 Å². The van der Waals surface area contributed by atoms with Gasteiger partial charge in [-0.25, -0.2) is 8.78 Å². The molecule has 5 heteroatoms. The topological polar surface area (TPSA) is 32.3 Å². The molecule has 1 atom stereocenters. The molecule has 2 rings (SSSR count). The van der Waals surface area contributed by atoms with Gasteiger partial charge in [-0.3, -0.25) is 4.79 Å². The molecule has 0 spiro atoms. The number of hydrogen-bond acceptors (Lipinski definition) is 2. The summed E-state index contributed by atoms with van der Waals surface area (Å²) >= 11 is 0. The van der Waals surface area contributed by atoms with E-state index < -0.39 is 17.5 Å². The van der Waals surface area contributed by atoms with Gasteiger partial charge in [0.25, 0.3) is 5.91 Å². The van der Waals surface area contributed by atoms with Crippen LogP contribution in [-0.4, -0.2) is 37.0 Å². The number of nitrogens with one attached hydrogen (secondary N) is 1. The highest BCUT2D eigenvalue weighted by Crippen LogP contribution is 2.18. The van der Waals surface area contributed by atoms with Crippen LogP contribution in [0.2, 0.25) is 0 Å². The van der Waals surface area contributed by atoms with Gasteiger partial charge >= 0.3 is 0 Å². The lowest BCUT2D eigenvalue weighted by Gasteiger charge is -2.24. The summed E-state index contributed by atoms with van der Waals surface area (Å²) in [4.78, 5) is 13.7. The number of benzene rings is 1. The minimum Gasteiger partial charge on any atom is -0.337 e. The van der Waals surface area contributed by atoms with E-state index in [1.165, 1.54) is 17.9 Å². The molecule has 1 fully saturated rings. The van der Waals surface area contributed by atoms with Crippen molar-refractivity contribution in [2.24, 2.45) is 0 Å². The molecule has 0 saturated carbocycles. The summed E-state index contributed by atoms with van der Waals surface area (Å²) in [6, 6.07) is 2.11. The zero-order chi connectivity index (χ0) is 13.3. The molecular weight excluding hydrogens is 238 g/mol. The third-order valence-corrected chi connectivity index (χ3v) is 3.38. The lowest BCUT2D eigenvalue weighted by atomic mass is 10.1. The van der Waals surface area contributed by atoms with Crippen molar-refractivity contribution in [1.29, 1.82) is 0 Å². The van der Waals surface area contributed by atoms with Crippen molar-refractivity contribution in [3.05, 3.63) is 34.9 Å². The summed E-state index contributed by atoms with van der Waals surface area (Å²) in [5.74, 6) is -1.83. The number of halogens is 2. The SMILES string of the molecule is Cc1cc(C(=O)N(C)[C@@H]2CCNC2)c(F)cc1F. The lowest BCUT2D eigenvalue weighted by molar-refractivity contribution is 0.0739.